The molecule has 2 aromatic heterocycles. The summed E-state index contributed by atoms with van der Waals surface area (Å²) in [6.07, 6.45) is -3.33. The van der Waals surface area contributed by atoms with Crippen LogP contribution in [0.25, 0.3) is 5.82 Å². The van der Waals surface area contributed by atoms with Gasteiger partial charge in [0.2, 0.25) is 0 Å². The number of halogens is 5. The minimum atomic E-state index is -4.66. The second-order valence-corrected chi connectivity index (χ2v) is 4.33. The van der Waals surface area contributed by atoms with E-state index in [1.165, 1.54) is 18.3 Å². The van der Waals surface area contributed by atoms with Crippen molar-refractivity contribution in [3.63, 3.8) is 0 Å². The Hall–Kier alpha value is -1.31. The fourth-order valence-electron chi connectivity index (χ4n) is 1.41. The SMILES string of the molecule is OC(Cl)c1cc(C(F)(F)F)nn1-c1ncccc1Cl. The lowest BCUT2D eigenvalue weighted by Gasteiger charge is -2.08. The van der Waals surface area contributed by atoms with Crippen LogP contribution in [0.5, 0.6) is 0 Å². The summed E-state index contributed by atoms with van der Waals surface area (Å²) in [5.74, 6) is -0.0469. The second kappa shape index (κ2) is 4.99. The molecule has 2 heterocycles. The third-order valence-electron chi connectivity index (χ3n) is 2.21. The minimum absolute atomic E-state index is 0.0469. The van der Waals surface area contributed by atoms with Crippen LogP contribution < -0.4 is 0 Å². The lowest BCUT2D eigenvalue weighted by molar-refractivity contribution is -0.141. The maximum atomic E-state index is 12.6. The first-order valence-electron chi connectivity index (χ1n) is 4.91. The Kier molecular flexibility index (Phi) is 3.71. The van der Waals surface area contributed by atoms with Gasteiger partial charge in [0, 0.05) is 6.20 Å². The van der Waals surface area contributed by atoms with E-state index in [0.717, 1.165) is 4.68 Å². The molecule has 0 radical (unpaired) electrons. The predicted octanol–water partition coefficient (Wildman–Crippen LogP) is 3.17. The van der Waals surface area contributed by atoms with E-state index >= 15 is 0 Å². The van der Waals surface area contributed by atoms with Crippen molar-refractivity contribution < 1.29 is 18.3 Å². The maximum absolute atomic E-state index is 12.6. The van der Waals surface area contributed by atoms with Crippen LogP contribution in [0.4, 0.5) is 13.2 Å². The molecule has 0 aliphatic heterocycles. The van der Waals surface area contributed by atoms with E-state index in [-0.39, 0.29) is 16.5 Å². The zero-order valence-electron chi connectivity index (χ0n) is 9.07. The fraction of sp³-hybridized carbons (Fsp3) is 0.200. The van der Waals surface area contributed by atoms with Crippen molar-refractivity contribution in [1.82, 2.24) is 14.8 Å². The first-order valence-corrected chi connectivity index (χ1v) is 5.72. The van der Waals surface area contributed by atoms with Crippen LogP contribution in [0.15, 0.2) is 24.4 Å². The molecule has 0 bridgehead atoms. The fourth-order valence-corrected chi connectivity index (χ4v) is 1.76. The molecule has 102 valence electrons. The number of aromatic nitrogens is 3. The third kappa shape index (κ3) is 2.83. The predicted molar refractivity (Wildman–Crippen MR) is 62.2 cm³/mol. The van der Waals surface area contributed by atoms with Gasteiger partial charge in [-0.2, -0.15) is 18.3 Å². The lowest BCUT2D eigenvalue weighted by atomic mass is 10.3. The molecule has 0 fully saturated rings. The Morgan fingerprint density at radius 2 is 2.05 bits per heavy atom. The van der Waals surface area contributed by atoms with Gasteiger partial charge < -0.3 is 5.11 Å². The Bertz CT molecular complexity index is 598. The molecular formula is C10H6Cl2F3N3O. The number of hydrogen-bond donors (Lipinski definition) is 1. The van der Waals surface area contributed by atoms with Crippen molar-refractivity contribution in [2.45, 2.75) is 11.7 Å². The molecule has 0 amide bonds. The van der Waals surface area contributed by atoms with Crippen molar-refractivity contribution in [3.05, 3.63) is 40.8 Å². The maximum Gasteiger partial charge on any atom is 0.435 e. The highest BCUT2D eigenvalue weighted by Crippen LogP contribution is 2.32. The molecule has 0 saturated carbocycles. The average Bonchev–Trinajstić information content (AvgIpc) is 2.74. The summed E-state index contributed by atoms with van der Waals surface area (Å²) < 4.78 is 38.6. The van der Waals surface area contributed by atoms with Crippen molar-refractivity contribution >= 4 is 23.2 Å². The molecule has 19 heavy (non-hydrogen) atoms. The average molecular weight is 312 g/mol. The summed E-state index contributed by atoms with van der Waals surface area (Å²) in [4.78, 5) is 3.82. The molecule has 2 rings (SSSR count). The molecule has 0 aliphatic carbocycles. The number of hydrogen-bond acceptors (Lipinski definition) is 3. The van der Waals surface area contributed by atoms with E-state index in [4.69, 9.17) is 23.2 Å². The van der Waals surface area contributed by atoms with Gasteiger partial charge in [0.1, 0.15) is 0 Å². The summed E-state index contributed by atoms with van der Waals surface area (Å²) in [5, 5.41) is 12.7. The Morgan fingerprint density at radius 3 is 2.58 bits per heavy atom. The van der Waals surface area contributed by atoms with E-state index < -0.39 is 17.4 Å². The summed E-state index contributed by atoms with van der Waals surface area (Å²) in [7, 11) is 0. The summed E-state index contributed by atoms with van der Waals surface area (Å²) in [6.45, 7) is 0. The van der Waals surface area contributed by atoms with E-state index in [2.05, 4.69) is 10.1 Å². The first kappa shape index (κ1) is 14.1. The van der Waals surface area contributed by atoms with Crippen LogP contribution in [-0.2, 0) is 6.18 Å². The smallest absolute Gasteiger partial charge is 0.372 e. The zero-order chi connectivity index (χ0) is 14.2. The van der Waals surface area contributed by atoms with Crippen molar-refractivity contribution in [1.29, 1.82) is 0 Å². The van der Waals surface area contributed by atoms with Crippen LogP contribution in [0.3, 0.4) is 0 Å². The van der Waals surface area contributed by atoms with Crippen LogP contribution in [0, 0.1) is 0 Å². The third-order valence-corrected chi connectivity index (χ3v) is 2.73. The van der Waals surface area contributed by atoms with Gasteiger partial charge in [-0.3, -0.25) is 0 Å². The summed E-state index contributed by atoms with van der Waals surface area (Å²) >= 11 is 11.3. The molecule has 0 aromatic carbocycles. The topological polar surface area (TPSA) is 50.9 Å². The zero-order valence-corrected chi connectivity index (χ0v) is 10.6. The largest absolute Gasteiger partial charge is 0.435 e. The number of aliphatic hydroxyl groups excluding tert-OH is 1. The monoisotopic (exact) mass is 311 g/mol. The molecule has 9 heteroatoms. The highest BCUT2D eigenvalue weighted by atomic mass is 35.5. The number of nitrogens with zero attached hydrogens (tertiary/aromatic N) is 3. The van der Waals surface area contributed by atoms with E-state index in [0.29, 0.717) is 6.07 Å². The summed E-state index contributed by atoms with van der Waals surface area (Å²) in [5.41, 5.74) is -3.12. The van der Waals surface area contributed by atoms with Crippen LogP contribution in [-0.4, -0.2) is 19.9 Å². The normalized spacial score (nSPS) is 13.6. The molecule has 0 aliphatic rings. The molecule has 0 saturated heterocycles. The van der Waals surface area contributed by atoms with Gasteiger partial charge in [-0.15, -0.1) is 0 Å². The molecular weight excluding hydrogens is 306 g/mol. The van der Waals surface area contributed by atoms with Crippen molar-refractivity contribution in [2.24, 2.45) is 0 Å². The van der Waals surface area contributed by atoms with Gasteiger partial charge >= 0.3 is 6.18 Å². The number of rotatable bonds is 2. The van der Waals surface area contributed by atoms with Gasteiger partial charge in [-0.25, -0.2) is 9.67 Å². The quantitative estimate of drug-likeness (QED) is 0.867. The minimum Gasteiger partial charge on any atom is -0.372 e. The number of alkyl halides is 4. The summed E-state index contributed by atoms with van der Waals surface area (Å²) in [6, 6.07) is 3.59. The van der Waals surface area contributed by atoms with Gasteiger partial charge in [-0.1, -0.05) is 23.2 Å². The Balaban J connectivity index is 2.63. The van der Waals surface area contributed by atoms with E-state index in [9.17, 15) is 18.3 Å². The van der Waals surface area contributed by atoms with E-state index in [1.807, 2.05) is 0 Å². The molecule has 1 unspecified atom stereocenters. The van der Waals surface area contributed by atoms with Crippen LogP contribution in [0.2, 0.25) is 5.02 Å². The number of pyridine rings is 1. The van der Waals surface area contributed by atoms with E-state index in [1.54, 1.807) is 0 Å². The molecule has 1 N–H and O–H groups in total. The van der Waals surface area contributed by atoms with Gasteiger partial charge in [0.25, 0.3) is 0 Å². The van der Waals surface area contributed by atoms with Crippen LogP contribution in [0.1, 0.15) is 17.0 Å². The van der Waals surface area contributed by atoms with Gasteiger partial charge in [-0.05, 0) is 18.2 Å². The Labute approximate surface area is 115 Å². The van der Waals surface area contributed by atoms with Gasteiger partial charge in [0.05, 0.1) is 10.7 Å². The van der Waals surface area contributed by atoms with Crippen molar-refractivity contribution in [2.75, 3.05) is 0 Å². The van der Waals surface area contributed by atoms with Crippen molar-refractivity contribution in [3.8, 4) is 5.82 Å². The van der Waals surface area contributed by atoms with Gasteiger partial charge in [0.15, 0.2) is 17.1 Å². The van der Waals surface area contributed by atoms with Crippen LogP contribution >= 0.6 is 23.2 Å². The molecule has 1 atom stereocenters. The molecule has 0 spiro atoms. The second-order valence-electron chi connectivity index (χ2n) is 3.51. The molecule has 2 aromatic rings. The standard InChI is InChI=1S/C10H6Cl2F3N3O/c11-5-2-1-3-16-9(5)18-6(8(12)19)4-7(17-18)10(13,14)15/h1-4,8,19H. The lowest BCUT2D eigenvalue weighted by Crippen LogP contribution is -2.09. The first-order chi connectivity index (χ1) is 8.80. The number of aliphatic hydroxyl groups is 1. The highest BCUT2D eigenvalue weighted by Gasteiger charge is 2.36. The Morgan fingerprint density at radius 1 is 1.37 bits per heavy atom. The highest BCUT2D eigenvalue weighted by molar-refractivity contribution is 6.32. The molecule has 4 nitrogen and oxygen atoms in total.